The smallest absolute Gasteiger partial charge is 0.233 e. The van der Waals surface area contributed by atoms with Crippen LogP contribution in [0.3, 0.4) is 0 Å². The maximum absolute atomic E-state index is 4.54. The molecule has 39 valence electrons. The fraction of sp³-hybridized carbons (Fsp3) is 0. The van der Waals surface area contributed by atoms with Gasteiger partial charge in [-0.1, -0.05) is 12.1 Å². The second-order valence-electron chi connectivity index (χ2n) is 1.53. The van der Waals surface area contributed by atoms with Crippen molar-refractivity contribution in [1.29, 1.82) is 0 Å². The Morgan fingerprint density at radius 1 is 1.38 bits per heavy atom. The van der Waals surface area contributed by atoms with E-state index >= 15 is 0 Å². The third-order valence-electron chi connectivity index (χ3n) is 0.997. The third-order valence-corrected chi connectivity index (χ3v) is 0.997. The molecule has 1 radical (unpaired) electrons. The van der Waals surface area contributed by atoms with Crippen LogP contribution in [0.1, 0.15) is 0 Å². The van der Waals surface area contributed by atoms with Crippen molar-refractivity contribution >= 4 is 11.2 Å². The van der Waals surface area contributed by atoms with Crippen molar-refractivity contribution in [3.63, 3.8) is 0 Å². The first-order chi connectivity index (χ1) is 3.97. The Balaban J connectivity index is 2.88. The summed E-state index contributed by atoms with van der Waals surface area (Å²) in [5, 5.41) is 0. The molecule has 2 heteroatoms. The molecule has 0 aliphatic carbocycles. The van der Waals surface area contributed by atoms with E-state index in [1.807, 2.05) is 12.1 Å². The number of hydrogen-bond acceptors (Lipinski definition) is 2. The summed E-state index contributed by atoms with van der Waals surface area (Å²) in [6.45, 7) is 0. The van der Waals surface area contributed by atoms with Crippen LogP contribution in [0, 0.1) is 6.07 Å². The molecule has 1 heterocycles. The van der Waals surface area contributed by atoms with E-state index in [0.717, 1.165) is 5.58 Å². The summed E-state index contributed by atoms with van der Waals surface area (Å²) < 4.78 is 9.07. The molecule has 0 atom stereocenters. The van der Waals surface area contributed by atoms with Gasteiger partial charge in [0.1, 0.15) is 0 Å². The van der Waals surface area contributed by atoms with Crippen LogP contribution in [0.15, 0.2) is 27.4 Å². The van der Waals surface area contributed by atoms with Gasteiger partial charge < -0.3 is 0 Å². The van der Waals surface area contributed by atoms with Gasteiger partial charge in [-0.3, -0.25) is 9.15 Å². The minimum absolute atomic E-state index is 0.701. The van der Waals surface area contributed by atoms with Crippen molar-refractivity contribution < 1.29 is 9.15 Å². The fourth-order valence-electron chi connectivity index (χ4n) is 0.589. The lowest BCUT2D eigenvalue weighted by Gasteiger charge is -1.92. The molecule has 0 fully saturated rings. The van der Waals surface area contributed by atoms with Crippen molar-refractivity contribution in [3.8, 4) is 0 Å². The number of benzene rings is 1. The molecule has 2 nitrogen and oxygen atoms in total. The molecule has 0 unspecified atom stereocenters. The molecule has 0 spiro atoms. The highest BCUT2D eigenvalue weighted by Crippen LogP contribution is 2.15. The van der Waals surface area contributed by atoms with E-state index in [2.05, 4.69) is 15.2 Å². The Hall–Kier alpha value is -1.18. The van der Waals surface area contributed by atoms with Gasteiger partial charge in [-0.2, -0.15) is 0 Å². The molecule has 0 amide bonds. The highest BCUT2D eigenvalue weighted by molar-refractivity contribution is 5.68. The SMILES string of the molecule is [c]1cccc2ooc12. The predicted octanol–water partition coefficient (Wildman–Crippen LogP) is 1.83. The zero-order valence-corrected chi connectivity index (χ0v) is 4.05. The molecular formula is C6H3O2. The lowest BCUT2D eigenvalue weighted by atomic mass is 10.3. The lowest BCUT2D eigenvalue weighted by molar-refractivity contribution is 0.0587. The predicted molar refractivity (Wildman–Crippen MR) is 27.3 cm³/mol. The first kappa shape index (κ1) is 3.78. The van der Waals surface area contributed by atoms with Crippen LogP contribution in [-0.2, 0) is 0 Å². The highest BCUT2D eigenvalue weighted by Gasteiger charge is 1.98. The summed E-state index contributed by atoms with van der Waals surface area (Å²) >= 11 is 0. The van der Waals surface area contributed by atoms with E-state index in [4.69, 9.17) is 0 Å². The molecule has 8 heavy (non-hydrogen) atoms. The van der Waals surface area contributed by atoms with Crippen molar-refractivity contribution in [2.24, 2.45) is 0 Å². The second-order valence-corrected chi connectivity index (χ2v) is 1.53. The van der Waals surface area contributed by atoms with E-state index in [1.54, 1.807) is 6.07 Å². The standard InChI is InChI=1S/C6H3O2/c1-2-4-6-5(3-1)7-8-6/h1-3H. The number of para-hydroxylation sites is 1. The Kier molecular flexibility index (Phi) is 0.545. The van der Waals surface area contributed by atoms with Crippen LogP contribution in [0.25, 0.3) is 11.2 Å². The van der Waals surface area contributed by atoms with Gasteiger partial charge in [0.2, 0.25) is 11.2 Å². The second kappa shape index (κ2) is 1.15. The Morgan fingerprint density at radius 2 is 2.38 bits per heavy atom. The van der Waals surface area contributed by atoms with E-state index in [0.29, 0.717) is 5.58 Å². The van der Waals surface area contributed by atoms with Gasteiger partial charge in [0, 0.05) is 6.07 Å². The van der Waals surface area contributed by atoms with Gasteiger partial charge in [-0.05, 0) is 6.07 Å². The summed E-state index contributed by atoms with van der Waals surface area (Å²) in [4.78, 5) is 0. The van der Waals surface area contributed by atoms with Gasteiger partial charge in [-0.15, -0.1) is 0 Å². The molecule has 0 N–H and O–H groups in total. The van der Waals surface area contributed by atoms with Crippen LogP contribution in [0.5, 0.6) is 0 Å². The van der Waals surface area contributed by atoms with Crippen molar-refractivity contribution in [2.45, 2.75) is 0 Å². The average Bonchev–Trinajstić information content (AvgIpc) is 1.72. The lowest BCUT2D eigenvalue weighted by Crippen LogP contribution is -1.71. The Labute approximate surface area is 45.6 Å². The van der Waals surface area contributed by atoms with E-state index in [-0.39, 0.29) is 0 Å². The van der Waals surface area contributed by atoms with E-state index in [1.165, 1.54) is 0 Å². The van der Waals surface area contributed by atoms with E-state index < -0.39 is 0 Å². The third kappa shape index (κ3) is 0.320. The number of hydrogen-bond donors (Lipinski definition) is 0. The van der Waals surface area contributed by atoms with Crippen LogP contribution >= 0.6 is 0 Å². The number of rotatable bonds is 0. The fourth-order valence-corrected chi connectivity index (χ4v) is 0.589. The van der Waals surface area contributed by atoms with Crippen LogP contribution in [-0.4, -0.2) is 0 Å². The van der Waals surface area contributed by atoms with Gasteiger partial charge >= 0.3 is 0 Å². The van der Waals surface area contributed by atoms with Crippen LogP contribution in [0.4, 0.5) is 0 Å². The molecule has 1 aromatic heterocycles. The molecule has 1 aromatic carbocycles. The topological polar surface area (TPSA) is 26.3 Å². The molecule has 0 saturated carbocycles. The van der Waals surface area contributed by atoms with Gasteiger partial charge in [-0.25, -0.2) is 0 Å². The maximum Gasteiger partial charge on any atom is 0.233 e. The molecular weight excluding hydrogens is 104 g/mol. The van der Waals surface area contributed by atoms with Gasteiger partial charge in [0.15, 0.2) is 0 Å². The van der Waals surface area contributed by atoms with Crippen molar-refractivity contribution in [3.05, 3.63) is 24.3 Å². The molecule has 0 saturated heterocycles. The minimum Gasteiger partial charge on any atom is -0.286 e. The highest BCUT2D eigenvalue weighted by atomic mass is 17.0. The Bertz CT molecular complexity index is 249. The molecule has 2 aromatic rings. The molecule has 2 rings (SSSR count). The van der Waals surface area contributed by atoms with E-state index in [9.17, 15) is 0 Å². The molecule has 0 aliphatic rings. The number of fused-ring (bicyclic) bond motifs is 1. The Morgan fingerprint density at radius 3 is 2.75 bits per heavy atom. The summed E-state index contributed by atoms with van der Waals surface area (Å²) in [7, 11) is 0. The largest absolute Gasteiger partial charge is 0.286 e. The molecule has 0 bridgehead atoms. The molecule has 0 aliphatic heterocycles. The minimum atomic E-state index is 0.701. The summed E-state index contributed by atoms with van der Waals surface area (Å²) in [5.41, 5.74) is 1.47. The van der Waals surface area contributed by atoms with Gasteiger partial charge in [0.05, 0.1) is 0 Å². The first-order valence-electron chi connectivity index (χ1n) is 2.32. The monoisotopic (exact) mass is 107 g/mol. The average molecular weight is 107 g/mol. The normalized spacial score (nSPS) is 10.5. The van der Waals surface area contributed by atoms with Crippen LogP contribution < -0.4 is 0 Å². The summed E-state index contributed by atoms with van der Waals surface area (Å²) in [6, 6.07) is 8.30. The summed E-state index contributed by atoms with van der Waals surface area (Å²) in [6.07, 6.45) is 0. The quantitative estimate of drug-likeness (QED) is 0.480. The van der Waals surface area contributed by atoms with Gasteiger partial charge in [0.25, 0.3) is 0 Å². The van der Waals surface area contributed by atoms with Crippen molar-refractivity contribution in [1.82, 2.24) is 0 Å². The van der Waals surface area contributed by atoms with Crippen molar-refractivity contribution in [2.75, 3.05) is 0 Å². The van der Waals surface area contributed by atoms with Crippen LogP contribution in [0.2, 0.25) is 0 Å². The summed E-state index contributed by atoms with van der Waals surface area (Å²) in [5.74, 6) is 0. The first-order valence-corrected chi connectivity index (χ1v) is 2.32. The zero-order chi connectivity index (χ0) is 5.40. The maximum atomic E-state index is 4.54. The zero-order valence-electron chi connectivity index (χ0n) is 4.05.